The van der Waals surface area contributed by atoms with E-state index in [0.717, 1.165) is 16.0 Å². The molecular formula is C21H28BN4O4+. The number of nitrogens with two attached hydrogens (primary N) is 1. The van der Waals surface area contributed by atoms with Crippen molar-refractivity contribution in [3.05, 3.63) is 54.1 Å². The summed E-state index contributed by atoms with van der Waals surface area (Å²) in [4.78, 5) is 12.0. The maximum absolute atomic E-state index is 12.0. The van der Waals surface area contributed by atoms with Gasteiger partial charge in [0.1, 0.15) is 19.4 Å². The van der Waals surface area contributed by atoms with Gasteiger partial charge in [0.15, 0.2) is 0 Å². The molecule has 8 nitrogen and oxygen atoms in total. The monoisotopic (exact) mass is 411 g/mol. The second-order valence-electron chi connectivity index (χ2n) is 8.18. The first-order valence-corrected chi connectivity index (χ1v) is 9.75. The van der Waals surface area contributed by atoms with Gasteiger partial charge in [0.25, 0.3) is 0 Å². The number of carbonyl (C=O) groups is 1. The molecule has 3 N–H and O–H groups in total. The second-order valence-corrected chi connectivity index (χ2v) is 8.18. The molecule has 0 aromatic heterocycles. The van der Waals surface area contributed by atoms with E-state index < -0.39 is 13.1 Å². The third-order valence-corrected chi connectivity index (χ3v) is 5.50. The number of urea groups is 1. The molecule has 1 aliphatic heterocycles. The molecule has 3 rings (SSSR count). The van der Waals surface area contributed by atoms with Crippen molar-refractivity contribution in [1.82, 2.24) is 5.01 Å². The zero-order chi connectivity index (χ0) is 21.9. The van der Waals surface area contributed by atoms with E-state index in [1.165, 1.54) is 7.05 Å². The zero-order valence-corrected chi connectivity index (χ0v) is 18.0. The average Bonchev–Trinajstić information content (AvgIpc) is 2.94. The third kappa shape index (κ3) is 4.63. The minimum absolute atomic E-state index is 0.341. The first kappa shape index (κ1) is 21.8. The Morgan fingerprint density at radius 1 is 1.10 bits per heavy atom. The summed E-state index contributed by atoms with van der Waals surface area (Å²) in [5, 5.41) is 7.05. The zero-order valence-electron chi connectivity index (χ0n) is 18.0. The van der Waals surface area contributed by atoms with Crippen LogP contribution in [0.3, 0.4) is 0 Å². The van der Waals surface area contributed by atoms with E-state index in [-0.39, 0.29) is 11.2 Å². The van der Waals surface area contributed by atoms with Crippen molar-refractivity contribution in [3.63, 3.8) is 0 Å². The minimum atomic E-state index is -0.458. The van der Waals surface area contributed by atoms with Crippen LogP contribution in [-0.2, 0) is 15.9 Å². The standard InChI is InChI=1S/C21H27BN4O4/c1-20(2)21(3,4)30-22(29-20)16-12-10-15(11-13-16)14-28-18-9-7-6-8-17(18)24-19(27)26(5)25-23/h6-13,23H,14H2,1-5H3,(H,24,27)/p+1. The van der Waals surface area contributed by atoms with Gasteiger partial charge in [-0.1, -0.05) is 41.4 Å². The smallest absolute Gasteiger partial charge is 0.487 e. The van der Waals surface area contributed by atoms with E-state index in [0.29, 0.717) is 18.0 Å². The van der Waals surface area contributed by atoms with Gasteiger partial charge in [-0.3, -0.25) is 5.32 Å². The lowest BCUT2D eigenvalue weighted by molar-refractivity contribution is -0.248. The number of ether oxygens (including phenoxy) is 1. The number of anilines is 1. The van der Waals surface area contributed by atoms with Crippen LogP contribution in [0.5, 0.6) is 5.75 Å². The van der Waals surface area contributed by atoms with E-state index in [9.17, 15) is 4.79 Å². The number of para-hydroxylation sites is 2. The number of hydrogen-bond donors (Lipinski definition) is 2. The van der Waals surface area contributed by atoms with Crippen molar-refractivity contribution in [1.29, 1.82) is 0 Å². The molecule has 0 radical (unpaired) electrons. The van der Waals surface area contributed by atoms with Gasteiger partial charge in [-0.15, -0.1) is 0 Å². The number of rotatable bonds is 6. The van der Waals surface area contributed by atoms with Gasteiger partial charge in [0, 0.05) is 0 Å². The summed E-state index contributed by atoms with van der Waals surface area (Å²) >= 11 is 0. The molecule has 1 saturated heterocycles. The second kappa shape index (κ2) is 8.45. The highest BCUT2D eigenvalue weighted by Crippen LogP contribution is 2.36. The summed E-state index contributed by atoms with van der Waals surface area (Å²) in [5.74, 6) is 0.548. The number of amides is 2. The third-order valence-electron chi connectivity index (χ3n) is 5.50. The number of benzene rings is 2. The van der Waals surface area contributed by atoms with Gasteiger partial charge < -0.3 is 14.0 Å². The summed E-state index contributed by atoms with van der Waals surface area (Å²) in [6.07, 6.45) is 0. The molecule has 2 amide bonds. The van der Waals surface area contributed by atoms with E-state index in [1.54, 1.807) is 18.2 Å². The average molecular weight is 411 g/mol. The highest BCUT2D eigenvalue weighted by Gasteiger charge is 2.51. The molecule has 0 bridgehead atoms. The Bertz CT molecular complexity index is 901. The Morgan fingerprint density at radius 3 is 2.30 bits per heavy atom. The first-order valence-electron chi connectivity index (χ1n) is 9.75. The van der Waals surface area contributed by atoms with Crippen LogP contribution in [0.2, 0.25) is 0 Å². The molecule has 2 aromatic carbocycles. The van der Waals surface area contributed by atoms with Gasteiger partial charge in [-0.2, -0.15) is 5.53 Å². The van der Waals surface area contributed by atoms with Crippen LogP contribution in [0.25, 0.3) is 0 Å². The van der Waals surface area contributed by atoms with E-state index in [2.05, 4.69) is 10.5 Å². The number of nitrogens with one attached hydrogen (secondary N) is 1. The molecular weight excluding hydrogens is 383 g/mol. The minimum Gasteiger partial charge on any atom is -0.487 e. The van der Waals surface area contributed by atoms with Crippen molar-refractivity contribution < 1.29 is 24.4 Å². The van der Waals surface area contributed by atoms with E-state index in [1.807, 2.05) is 58.0 Å². The Balaban J connectivity index is 1.64. The predicted molar refractivity (Wildman–Crippen MR) is 114 cm³/mol. The molecule has 0 aliphatic carbocycles. The fourth-order valence-corrected chi connectivity index (χ4v) is 2.86. The summed E-state index contributed by atoms with van der Waals surface area (Å²) in [7, 11) is 1.06. The Labute approximate surface area is 177 Å². The van der Waals surface area contributed by atoms with Crippen LogP contribution in [-0.4, -0.2) is 36.4 Å². The Morgan fingerprint density at radius 2 is 1.70 bits per heavy atom. The fraction of sp³-hybridized carbons (Fsp3) is 0.381. The fourth-order valence-electron chi connectivity index (χ4n) is 2.86. The van der Waals surface area contributed by atoms with Crippen molar-refractivity contribution in [2.75, 3.05) is 12.4 Å². The highest BCUT2D eigenvalue weighted by molar-refractivity contribution is 6.62. The van der Waals surface area contributed by atoms with Gasteiger partial charge >= 0.3 is 13.1 Å². The molecule has 2 aromatic rings. The summed E-state index contributed by atoms with van der Waals surface area (Å²) in [5.41, 5.74) is 6.84. The Kier molecular flexibility index (Phi) is 6.14. The molecule has 30 heavy (non-hydrogen) atoms. The SMILES string of the molecule is CN(N=[NH2+])C(=O)Nc1ccccc1OCc1ccc(B2OC(C)(C)C(C)(C)O2)cc1. The summed E-state index contributed by atoms with van der Waals surface area (Å²) in [6, 6.07) is 14.6. The van der Waals surface area contributed by atoms with Crippen LogP contribution in [0.4, 0.5) is 10.5 Å². The summed E-state index contributed by atoms with van der Waals surface area (Å²) < 4.78 is 18.1. The van der Waals surface area contributed by atoms with Crippen LogP contribution in [0, 0.1) is 0 Å². The maximum Gasteiger partial charge on any atom is 0.494 e. The lowest BCUT2D eigenvalue weighted by atomic mass is 9.79. The molecule has 0 saturated carbocycles. The largest absolute Gasteiger partial charge is 0.494 e. The van der Waals surface area contributed by atoms with Crippen molar-refractivity contribution in [2.45, 2.75) is 45.5 Å². The van der Waals surface area contributed by atoms with Crippen LogP contribution < -0.4 is 21.0 Å². The first-order chi connectivity index (χ1) is 14.1. The number of carbonyl (C=O) groups excluding carboxylic acids is 1. The van der Waals surface area contributed by atoms with Crippen molar-refractivity contribution in [2.24, 2.45) is 5.22 Å². The quantitative estimate of drug-likeness (QED) is 0.433. The molecule has 158 valence electrons. The van der Waals surface area contributed by atoms with Gasteiger partial charge in [0.05, 0.1) is 22.1 Å². The molecule has 0 spiro atoms. The molecule has 9 heteroatoms. The van der Waals surface area contributed by atoms with Crippen LogP contribution in [0.15, 0.2) is 53.8 Å². The molecule has 1 aliphatic rings. The topological polar surface area (TPSA) is 98.0 Å². The molecule has 0 unspecified atom stereocenters. The van der Waals surface area contributed by atoms with Gasteiger partial charge in [-0.25, -0.2) is 4.79 Å². The van der Waals surface area contributed by atoms with Crippen LogP contribution in [0.1, 0.15) is 33.3 Å². The van der Waals surface area contributed by atoms with Gasteiger partial charge in [0.2, 0.25) is 0 Å². The van der Waals surface area contributed by atoms with E-state index >= 15 is 0 Å². The lowest BCUT2D eigenvalue weighted by Crippen LogP contribution is -2.41. The van der Waals surface area contributed by atoms with E-state index in [4.69, 9.17) is 19.6 Å². The Hall–Kier alpha value is -2.91. The maximum atomic E-state index is 12.0. The number of nitrogens with zero attached hydrogens (tertiary/aromatic N) is 2. The predicted octanol–water partition coefficient (Wildman–Crippen LogP) is 2.15. The molecule has 0 atom stereocenters. The molecule has 1 heterocycles. The van der Waals surface area contributed by atoms with Gasteiger partial charge in [-0.05, 0) is 50.9 Å². The summed E-state index contributed by atoms with van der Waals surface area (Å²) in [6.45, 7) is 8.47. The van der Waals surface area contributed by atoms with Crippen LogP contribution >= 0.6 is 0 Å². The number of hydrogen-bond acceptors (Lipinski definition) is 5. The molecule has 1 fully saturated rings. The lowest BCUT2D eigenvalue weighted by Gasteiger charge is -2.32. The highest BCUT2D eigenvalue weighted by atomic mass is 16.7. The normalized spacial score (nSPS) is 16.8. The van der Waals surface area contributed by atoms with Crippen molar-refractivity contribution in [3.8, 4) is 5.75 Å². The van der Waals surface area contributed by atoms with Crippen molar-refractivity contribution >= 4 is 24.3 Å².